The highest BCUT2D eigenvalue weighted by Gasteiger charge is 2.06. The van der Waals surface area contributed by atoms with Crippen LogP contribution < -0.4 is 20.1 Å². The molecule has 2 rings (SSSR count). The van der Waals surface area contributed by atoms with Gasteiger partial charge in [-0.3, -0.25) is 4.99 Å². The maximum absolute atomic E-state index is 5.67. The number of hydrogen-bond acceptors (Lipinski definition) is 5. The minimum Gasteiger partial charge on any atom is -0.497 e. The smallest absolute Gasteiger partial charge is 0.214 e. The lowest BCUT2D eigenvalue weighted by Gasteiger charge is -2.12. The molecule has 1 heterocycles. The zero-order valence-electron chi connectivity index (χ0n) is 15.0. The first-order valence-electron chi connectivity index (χ1n) is 7.76. The lowest BCUT2D eigenvalue weighted by Crippen LogP contribution is -2.38. The second kappa shape index (κ2) is 10.8. The molecule has 8 heteroatoms. The van der Waals surface area contributed by atoms with Crippen molar-refractivity contribution in [3.8, 4) is 11.5 Å². The number of nitrogens with zero attached hydrogens (tertiary/aromatic N) is 2. The second-order valence-electron chi connectivity index (χ2n) is 5.13. The number of aliphatic imine (C=N–C) groups is 1. The highest BCUT2D eigenvalue weighted by atomic mass is 127. The Bertz CT molecular complexity index is 669. The van der Waals surface area contributed by atoms with E-state index >= 15 is 0 Å². The molecule has 0 aliphatic heterocycles. The van der Waals surface area contributed by atoms with Crippen LogP contribution >= 0.6 is 24.0 Å². The fourth-order valence-corrected chi connectivity index (χ4v) is 2.02. The van der Waals surface area contributed by atoms with Crippen LogP contribution in [0, 0.1) is 13.8 Å². The van der Waals surface area contributed by atoms with Crippen molar-refractivity contribution in [1.82, 2.24) is 15.6 Å². The van der Waals surface area contributed by atoms with Crippen LogP contribution in [0.25, 0.3) is 0 Å². The monoisotopic (exact) mass is 460 g/mol. The molecule has 0 fully saturated rings. The average Bonchev–Trinajstić information content (AvgIpc) is 2.92. The van der Waals surface area contributed by atoms with Crippen LogP contribution in [0.3, 0.4) is 0 Å². The summed E-state index contributed by atoms with van der Waals surface area (Å²) in [5.74, 6) is 3.68. The summed E-state index contributed by atoms with van der Waals surface area (Å²) in [7, 11) is 3.34. The maximum Gasteiger partial charge on any atom is 0.214 e. The summed E-state index contributed by atoms with van der Waals surface area (Å²) in [6.07, 6.45) is 0. The number of methoxy groups -OCH3 is 1. The predicted octanol–water partition coefficient (Wildman–Crippen LogP) is 2.66. The van der Waals surface area contributed by atoms with Crippen molar-refractivity contribution in [1.29, 1.82) is 0 Å². The Labute approximate surface area is 165 Å². The lowest BCUT2D eigenvalue weighted by atomic mass is 10.3. The van der Waals surface area contributed by atoms with E-state index in [2.05, 4.69) is 20.6 Å². The van der Waals surface area contributed by atoms with E-state index in [0.717, 1.165) is 23.0 Å². The Morgan fingerprint density at radius 3 is 2.64 bits per heavy atom. The van der Waals surface area contributed by atoms with Gasteiger partial charge in [0.15, 0.2) is 5.96 Å². The van der Waals surface area contributed by atoms with Gasteiger partial charge in [-0.05, 0) is 26.0 Å². The minimum atomic E-state index is 0. The van der Waals surface area contributed by atoms with E-state index in [4.69, 9.17) is 13.9 Å². The molecule has 0 radical (unpaired) electrons. The molecule has 7 nitrogen and oxygen atoms in total. The largest absolute Gasteiger partial charge is 0.497 e. The number of halogens is 1. The summed E-state index contributed by atoms with van der Waals surface area (Å²) in [5, 5.41) is 6.32. The molecule has 0 aliphatic carbocycles. The molecule has 2 N–H and O–H groups in total. The van der Waals surface area contributed by atoms with Crippen LogP contribution in [0.1, 0.15) is 17.3 Å². The first-order chi connectivity index (χ1) is 11.6. The SMILES string of the molecule is CN=C(NCCOc1cccc(OC)c1)NCc1nc(C)c(C)o1.I. The van der Waals surface area contributed by atoms with E-state index in [1.54, 1.807) is 14.2 Å². The minimum absolute atomic E-state index is 0. The van der Waals surface area contributed by atoms with E-state index in [0.29, 0.717) is 31.5 Å². The zero-order valence-corrected chi connectivity index (χ0v) is 17.3. The molecule has 1 aromatic carbocycles. The van der Waals surface area contributed by atoms with E-state index in [9.17, 15) is 0 Å². The van der Waals surface area contributed by atoms with Crippen molar-refractivity contribution >= 4 is 29.9 Å². The van der Waals surface area contributed by atoms with E-state index in [1.807, 2.05) is 38.1 Å². The van der Waals surface area contributed by atoms with Gasteiger partial charge in [0.05, 0.1) is 25.9 Å². The highest BCUT2D eigenvalue weighted by molar-refractivity contribution is 14.0. The maximum atomic E-state index is 5.67. The van der Waals surface area contributed by atoms with Crippen molar-refractivity contribution in [3.63, 3.8) is 0 Å². The molecule has 1 aromatic heterocycles. The van der Waals surface area contributed by atoms with Gasteiger partial charge in [-0.15, -0.1) is 24.0 Å². The topological polar surface area (TPSA) is 80.9 Å². The number of oxazole rings is 1. The van der Waals surface area contributed by atoms with Gasteiger partial charge in [-0.25, -0.2) is 4.98 Å². The zero-order chi connectivity index (χ0) is 17.4. The van der Waals surface area contributed by atoms with Gasteiger partial charge < -0.3 is 24.5 Å². The molecule has 2 aromatic rings. The van der Waals surface area contributed by atoms with Gasteiger partial charge in [0, 0.05) is 13.1 Å². The van der Waals surface area contributed by atoms with Gasteiger partial charge in [-0.2, -0.15) is 0 Å². The lowest BCUT2D eigenvalue weighted by molar-refractivity contribution is 0.319. The number of hydrogen-bond donors (Lipinski definition) is 2. The third-order valence-corrected chi connectivity index (χ3v) is 3.41. The Morgan fingerprint density at radius 1 is 1.24 bits per heavy atom. The molecular weight excluding hydrogens is 435 g/mol. The molecule has 0 atom stereocenters. The fourth-order valence-electron chi connectivity index (χ4n) is 2.02. The second-order valence-corrected chi connectivity index (χ2v) is 5.13. The highest BCUT2D eigenvalue weighted by Crippen LogP contribution is 2.18. The van der Waals surface area contributed by atoms with Crippen LogP contribution in [0.2, 0.25) is 0 Å². The number of nitrogens with one attached hydrogen (secondary N) is 2. The van der Waals surface area contributed by atoms with Crippen LogP contribution in [0.15, 0.2) is 33.7 Å². The third kappa shape index (κ3) is 6.81. The molecule has 0 saturated heterocycles. The predicted molar refractivity (Wildman–Crippen MR) is 108 cm³/mol. The van der Waals surface area contributed by atoms with E-state index in [1.165, 1.54) is 0 Å². The summed E-state index contributed by atoms with van der Waals surface area (Å²) in [4.78, 5) is 8.47. The molecule has 0 saturated carbocycles. The average molecular weight is 460 g/mol. The number of guanidine groups is 1. The Morgan fingerprint density at radius 2 is 2.00 bits per heavy atom. The molecule has 0 spiro atoms. The summed E-state index contributed by atoms with van der Waals surface area (Å²) < 4.78 is 16.4. The molecule has 138 valence electrons. The Kier molecular flexibility index (Phi) is 9.11. The normalized spacial score (nSPS) is 10.8. The number of aromatic nitrogens is 1. The van der Waals surface area contributed by atoms with Gasteiger partial charge in [0.2, 0.25) is 5.89 Å². The quantitative estimate of drug-likeness (QED) is 0.286. The van der Waals surface area contributed by atoms with Crippen LogP contribution in [-0.2, 0) is 6.54 Å². The molecule has 25 heavy (non-hydrogen) atoms. The summed E-state index contributed by atoms with van der Waals surface area (Å²) in [6.45, 7) is 5.41. The molecule has 0 aliphatic rings. The molecular formula is C17H25IN4O3. The van der Waals surface area contributed by atoms with Crippen molar-refractivity contribution in [2.45, 2.75) is 20.4 Å². The van der Waals surface area contributed by atoms with Gasteiger partial charge in [0.25, 0.3) is 0 Å². The van der Waals surface area contributed by atoms with Crippen molar-refractivity contribution < 1.29 is 13.9 Å². The Hall–Kier alpha value is -1.97. The Balaban J connectivity index is 0.00000312. The van der Waals surface area contributed by atoms with E-state index < -0.39 is 0 Å². The van der Waals surface area contributed by atoms with Gasteiger partial charge in [0.1, 0.15) is 23.9 Å². The summed E-state index contributed by atoms with van der Waals surface area (Å²) in [5.41, 5.74) is 0.904. The standard InChI is InChI=1S/C17H24N4O3.HI/c1-12-13(2)24-16(21-12)11-20-17(18-3)19-8-9-23-15-7-5-6-14(10-15)22-4;/h5-7,10H,8-9,11H2,1-4H3,(H2,18,19,20);1H. The van der Waals surface area contributed by atoms with E-state index in [-0.39, 0.29) is 24.0 Å². The summed E-state index contributed by atoms with van der Waals surface area (Å²) >= 11 is 0. The van der Waals surface area contributed by atoms with Crippen LogP contribution in [-0.4, -0.2) is 38.3 Å². The van der Waals surface area contributed by atoms with Crippen LogP contribution in [0.4, 0.5) is 0 Å². The summed E-state index contributed by atoms with van der Waals surface area (Å²) in [6, 6.07) is 7.51. The fraction of sp³-hybridized carbons (Fsp3) is 0.412. The molecule has 0 bridgehead atoms. The first-order valence-corrected chi connectivity index (χ1v) is 7.76. The van der Waals surface area contributed by atoms with Crippen molar-refractivity contribution in [3.05, 3.63) is 41.6 Å². The number of benzene rings is 1. The first kappa shape index (κ1) is 21.1. The van der Waals surface area contributed by atoms with Crippen molar-refractivity contribution in [2.24, 2.45) is 4.99 Å². The molecule has 0 unspecified atom stereocenters. The molecule has 0 amide bonds. The van der Waals surface area contributed by atoms with Crippen LogP contribution in [0.5, 0.6) is 11.5 Å². The van der Waals surface area contributed by atoms with Crippen molar-refractivity contribution in [2.75, 3.05) is 27.3 Å². The van der Waals surface area contributed by atoms with Gasteiger partial charge in [-0.1, -0.05) is 6.07 Å². The number of ether oxygens (including phenoxy) is 2. The number of rotatable bonds is 7. The van der Waals surface area contributed by atoms with Gasteiger partial charge >= 0.3 is 0 Å². The third-order valence-electron chi connectivity index (χ3n) is 3.41. The number of aryl methyl sites for hydroxylation is 2.